The van der Waals surface area contributed by atoms with Crippen LogP contribution in [-0.2, 0) is 11.4 Å². The van der Waals surface area contributed by atoms with E-state index in [-0.39, 0.29) is 12.4 Å². The van der Waals surface area contributed by atoms with Crippen molar-refractivity contribution in [3.63, 3.8) is 0 Å². The summed E-state index contributed by atoms with van der Waals surface area (Å²) in [6.07, 6.45) is 1.34. The summed E-state index contributed by atoms with van der Waals surface area (Å²) in [7, 11) is 0. The van der Waals surface area contributed by atoms with Gasteiger partial charge in [-0.25, -0.2) is 9.82 Å². The molecule has 2 rings (SSSR count). The lowest BCUT2D eigenvalue weighted by Gasteiger charge is -2.14. The van der Waals surface area contributed by atoms with Crippen molar-refractivity contribution in [2.75, 3.05) is 0 Å². The largest absolute Gasteiger partial charge is 0.488 e. The van der Waals surface area contributed by atoms with E-state index in [0.717, 1.165) is 0 Å². The summed E-state index contributed by atoms with van der Waals surface area (Å²) in [5.74, 6) is -0.586. The number of nitrogens with one attached hydrogen (secondary N) is 1. The van der Waals surface area contributed by atoms with Crippen molar-refractivity contribution in [3.8, 4) is 5.75 Å². The molecule has 7 heteroatoms. The van der Waals surface area contributed by atoms with E-state index in [9.17, 15) is 14.3 Å². The van der Waals surface area contributed by atoms with E-state index in [1.54, 1.807) is 36.4 Å². The zero-order chi connectivity index (χ0) is 18.4. The summed E-state index contributed by atoms with van der Waals surface area (Å²) < 4.78 is 19.3. The van der Waals surface area contributed by atoms with Crippen molar-refractivity contribution in [2.24, 2.45) is 5.10 Å². The number of nitrogens with zero attached hydrogens (tertiary/aromatic N) is 1. The molecule has 0 bridgehead atoms. The molecule has 5 nitrogen and oxygen atoms in total. The predicted molar refractivity (Wildman–Crippen MR) is 94.2 cm³/mol. The Morgan fingerprint density at radius 1 is 1.36 bits per heavy atom. The molecule has 0 aliphatic carbocycles. The molecule has 25 heavy (non-hydrogen) atoms. The minimum Gasteiger partial charge on any atom is -0.488 e. The molecular weight excluding hydrogens is 347 g/mol. The molecule has 0 heterocycles. The Kier molecular flexibility index (Phi) is 6.12. The number of benzene rings is 2. The van der Waals surface area contributed by atoms with Gasteiger partial charge in [-0.1, -0.05) is 29.8 Å². The minimum absolute atomic E-state index is 0.0329. The molecule has 1 amide bonds. The van der Waals surface area contributed by atoms with E-state index in [1.165, 1.54) is 26.1 Å². The van der Waals surface area contributed by atoms with Crippen LogP contribution in [0.1, 0.15) is 25.0 Å². The molecule has 0 aromatic heterocycles. The highest BCUT2D eigenvalue weighted by molar-refractivity contribution is 6.30. The van der Waals surface area contributed by atoms with Gasteiger partial charge in [-0.3, -0.25) is 4.79 Å². The number of ether oxygens (including phenoxy) is 1. The van der Waals surface area contributed by atoms with E-state index in [2.05, 4.69) is 10.5 Å². The van der Waals surface area contributed by atoms with E-state index >= 15 is 0 Å². The molecule has 0 saturated heterocycles. The molecule has 0 atom stereocenters. The molecule has 132 valence electrons. The topological polar surface area (TPSA) is 70.9 Å². The highest BCUT2D eigenvalue weighted by Crippen LogP contribution is 2.23. The maximum absolute atomic E-state index is 13.7. The van der Waals surface area contributed by atoms with Crippen molar-refractivity contribution < 1.29 is 19.0 Å². The van der Waals surface area contributed by atoms with Crippen molar-refractivity contribution in [1.82, 2.24) is 5.43 Å². The van der Waals surface area contributed by atoms with Gasteiger partial charge < -0.3 is 9.84 Å². The molecule has 0 aliphatic heterocycles. The summed E-state index contributed by atoms with van der Waals surface area (Å²) in [5, 5.41) is 13.8. The van der Waals surface area contributed by atoms with E-state index in [0.29, 0.717) is 21.9 Å². The number of hydrogen-bond donors (Lipinski definition) is 2. The van der Waals surface area contributed by atoms with Crippen LogP contribution < -0.4 is 10.2 Å². The molecule has 0 unspecified atom stereocenters. The fourth-order valence-corrected chi connectivity index (χ4v) is 2.00. The average molecular weight is 365 g/mol. The fraction of sp³-hybridized carbons (Fsp3) is 0.222. The van der Waals surface area contributed by atoms with E-state index < -0.39 is 11.5 Å². The number of aliphatic hydroxyl groups is 1. The van der Waals surface area contributed by atoms with Crippen LogP contribution in [0, 0.1) is 5.82 Å². The van der Waals surface area contributed by atoms with Gasteiger partial charge in [0, 0.05) is 16.1 Å². The first-order valence-corrected chi connectivity index (χ1v) is 7.87. The maximum atomic E-state index is 13.7. The summed E-state index contributed by atoms with van der Waals surface area (Å²) in [5.41, 5.74) is 1.59. The predicted octanol–water partition coefficient (Wildman–Crippen LogP) is 3.28. The van der Waals surface area contributed by atoms with Gasteiger partial charge in [-0.05, 0) is 38.1 Å². The standard InChI is InChI=1S/C18H18ClFN2O3/c1-18(2,24)17(23)22-21-10-13-9-14(19)7-8-16(13)25-11-12-5-3-4-6-15(12)20/h3-10,24H,11H2,1-2H3,(H,22,23)/b21-10+. The van der Waals surface area contributed by atoms with Crippen molar-refractivity contribution in [2.45, 2.75) is 26.1 Å². The van der Waals surface area contributed by atoms with Gasteiger partial charge in [0.1, 0.15) is 23.8 Å². The zero-order valence-corrected chi connectivity index (χ0v) is 14.5. The average Bonchev–Trinajstić information content (AvgIpc) is 2.54. The van der Waals surface area contributed by atoms with E-state index in [1.807, 2.05) is 0 Å². The number of carbonyl (C=O) groups is 1. The van der Waals surface area contributed by atoms with Crippen molar-refractivity contribution >= 4 is 23.7 Å². The highest BCUT2D eigenvalue weighted by atomic mass is 35.5. The van der Waals surface area contributed by atoms with Crippen LogP contribution in [0.2, 0.25) is 5.02 Å². The van der Waals surface area contributed by atoms with Crippen LogP contribution in [0.15, 0.2) is 47.6 Å². The molecule has 0 radical (unpaired) electrons. The molecule has 2 aromatic carbocycles. The van der Waals surface area contributed by atoms with Gasteiger partial charge in [-0.15, -0.1) is 0 Å². The second kappa shape index (κ2) is 8.09. The third-order valence-electron chi connectivity index (χ3n) is 3.24. The SMILES string of the molecule is CC(C)(O)C(=O)N/N=C/c1cc(Cl)ccc1OCc1ccccc1F. The molecule has 0 aliphatic rings. The normalized spacial score (nSPS) is 11.6. The molecule has 2 N–H and O–H groups in total. The van der Waals surface area contributed by atoms with Gasteiger partial charge in [0.2, 0.25) is 0 Å². The van der Waals surface area contributed by atoms with Crippen molar-refractivity contribution in [1.29, 1.82) is 0 Å². The van der Waals surface area contributed by atoms with Crippen molar-refractivity contribution in [3.05, 3.63) is 64.4 Å². The molecule has 0 saturated carbocycles. The smallest absolute Gasteiger partial charge is 0.271 e. The molecular formula is C18H18ClFN2O3. The second-order valence-corrected chi connectivity index (χ2v) is 6.26. The maximum Gasteiger partial charge on any atom is 0.271 e. The Hall–Kier alpha value is -2.44. The Morgan fingerprint density at radius 3 is 2.76 bits per heavy atom. The molecule has 0 spiro atoms. The first-order chi connectivity index (χ1) is 11.8. The Morgan fingerprint density at radius 2 is 2.08 bits per heavy atom. The molecule has 2 aromatic rings. The quantitative estimate of drug-likeness (QED) is 0.610. The first kappa shape index (κ1) is 18.9. The van der Waals surface area contributed by atoms with Gasteiger partial charge in [0.25, 0.3) is 5.91 Å². The van der Waals surface area contributed by atoms with Gasteiger partial charge in [0.05, 0.1) is 6.21 Å². The van der Waals surface area contributed by atoms with Crippen LogP contribution in [-0.4, -0.2) is 22.8 Å². The minimum atomic E-state index is -1.55. The fourth-order valence-electron chi connectivity index (χ4n) is 1.82. The summed E-state index contributed by atoms with van der Waals surface area (Å²) >= 11 is 5.97. The molecule has 0 fully saturated rings. The lowest BCUT2D eigenvalue weighted by atomic mass is 10.1. The number of rotatable bonds is 6. The van der Waals surface area contributed by atoms with Crippen LogP contribution in [0.25, 0.3) is 0 Å². The summed E-state index contributed by atoms with van der Waals surface area (Å²) in [6.45, 7) is 2.73. The van der Waals surface area contributed by atoms with Crippen LogP contribution >= 0.6 is 11.6 Å². The number of hydrazone groups is 1. The highest BCUT2D eigenvalue weighted by Gasteiger charge is 2.23. The van der Waals surface area contributed by atoms with Crippen LogP contribution in [0.3, 0.4) is 0 Å². The Bertz CT molecular complexity index is 788. The monoisotopic (exact) mass is 364 g/mol. The lowest BCUT2D eigenvalue weighted by Crippen LogP contribution is -2.39. The van der Waals surface area contributed by atoms with Crippen LogP contribution in [0.4, 0.5) is 4.39 Å². The van der Waals surface area contributed by atoms with Gasteiger partial charge in [-0.2, -0.15) is 5.10 Å². The third kappa shape index (κ3) is 5.55. The third-order valence-corrected chi connectivity index (χ3v) is 3.47. The Balaban J connectivity index is 2.12. The second-order valence-electron chi connectivity index (χ2n) is 5.82. The van der Waals surface area contributed by atoms with Gasteiger partial charge in [0.15, 0.2) is 0 Å². The Labute approximate surface area is 150 Å². The lowest BCUT2D eigenvalue weighted by molar-refractivity contribution is -0.136. The zero-order valence-electron chi connectivity index (χ0n) is 13.8. The van der Waals surface area contributed by atoms with Crippen LogP contribution in [0.5, 0.6) is 5.75 Å². The summed E-state index contributed by atoms with van der Waals surface area (Å²) in [4.78, 5) is 11.6. The number of carbonyl (C=O) groups excluding carboxylic acids is 1. The number of hydrogen-bond acceptors (Lipinski definition) is 4. The van der Waals surface area contributed by atoms with Gasteiger partial charge >= 0.3 is 0 Å². The number of amides is 1. The summed E-state index contributed by atoms with van der Waals surface area (Å²) in [6, 6.07) is 11.2. The van der Waals surface area contributed by atoms with E-state index in [4.69, 9.17) is 16.3 Å². The number of halogens is 2. The first-order valence-electron chi connectivity index (χ1n) is 7.49.